The van der Waals surface area contributed by atoms with Crippen LogP contribution < -0.4 is 10.1 Å². The minimum absolute atomic E-state index is 0.704. The first kappa shape index (κ1) is 13.1. The van der Waals surface area contributed by atoms with Crippen LogP contribution in [0, 0.1) is 0 Å². The van der Waals surface area contributed by atoms with Gasteiger partial charge in [-0.15, -0.1) is 11.3 Å². The van der Waals surface area contributed by atoms with E-state index in [9.17, 15) is 0 Å². The van der Waals surface area contributed by atoms with Gasteiger partial charge in [0.1, 0.15) is 5.75 Å². The molecule has 18 heavy (non-hydrogen) atoms. The molecular weight excluding hydrogens is 244 g/mol. The number of para-hydroxylation sites is 1. The van der Waals surface area contributed by atoms with Crippen LogP contribution in [0.5, 0.6) is 5.75 Å². The highest BCUT2D eigenvalue weighted by atomic mass is 32.1. The minimum atomic E-state index is 0.704. The summed E-state index contributed by atoms with van der Waals surface area (Å²) in [5, 5.41) is 5.52. The highest BCUT2D eigenvalue weighted by Gasteiger charge is 2.01. The number of rotatable bonds is 7. The van der Waals surface area contributed by atoms with Gasteiger partial charge in [-0.25, -0.2) is 4.98 Å². The van der Waals surface area contributed by atoms with Gasteiger partial charge in [0.2, 0.25) is 0 Å². The van der Waals surface area contributed by atoms with Crippen molar-refractivity contribution in [1.82, 2.24) is 10.3 Å². The third-order valence-electron chi connectivity index (χ3n) is 2.63. The third-order valence-corrected chi connectivity index (χ3v) is 3.26. The molecule has 4 heteroatoms. The predicted octanol–water partition coefficient (Wildman–Crippen LogP) is 2.87. The van der Waals surface area contributed by atoms with Gasteiger partial charge in [0.05, 0.1) is 17.8 Å². The molecule has 0 fully saturated rings. The quantitative estimate of drug-likeness (QED) is 0.779. The second-order valence-electron chi connectivity index (χ2n) is 3.95. The summed E-state index contributed by atoms with van der Waals surface area (Å²) in [7, 11) is 0. The zero-order valence-electron chi connectivity index (χ0n) is 10.6. The summed E-state index contributed by atoms with van der Waals surface area (Å²) >= 11 is 1.64. The van der Waals surface area contributed by atoms with Crippen LogP contribution in [0.3, 0.4) is 0 Å². The molecule has 2 aromatic rings. The third kappa shape index (κ3) is 3.82. The summed E-state index contributed by atoms with van der Waals surface area (Å²) < 4.78 is 5.59. The molecule has 3 nitrogen and oxygen atoms in total. The zero-order chi connectivity index (χ0) is 12.6. The number of hydrogen-bond acceptors (Lipinski definition) is 4. The molecule has 0 saturated carbocycles. The van der Waals surface area contributed by atoms with Crippen LogP contribution >= 0.6 is 11.3 Å². The van der Waals surface area contributed by atoms with Crippen LogP contribution in [-0.4, -0.2) is 18.1 Å². The zero-order valence-corrected chi connectivity index (χ0v) is 11.4. The van der Waals surface area contributed by atoms with E-state index >= 15 is 0 Å². The number of hydrogen-bond donors (Lipinski definition) is 1. The largest absolute Gasteiger partial charge is 0.494 e. The van der Waals surface area contributed by atoms with Crippen molar-refractivity contribution < 1.29 is 4.74 Å². The summed E-state index contributed by atoms with van der Waals surface area (Å²) in [5.74, 6) is 0.973. The molecule has 0 saturated heterocycles. The number of ether oxygens (including phenoxy) is 1. The first-order valence-electron chi connectivity index (χ1n) is 6.18. The lowest BCUT2D eigenvalue weighted by Gasteiger charge is -2.10. The van der Waals surface area contributed by atoms with E-state index in [0.29, 0.717) is 6.61 Å². The van der Waals surface area contributed by atoms with Crippen molar-refractivity contribution in [2.24, 2.45) is 0 Å². The Morgan fingerprint density at radius 3 is 3.00 bits per heavy atom. The number of thiazole rings is 1. The fourth-order valence-electron chi connectivity index (χ4n) is 1.75. The second kappa shape index (κ2) is 7.13. The molecule has 0 atom stereocenters. The monoisotopic (exact) mass is 262 g/mol. The first-order chi connectivity index (χ1) is 8.90. The van der Waals surface area contributed by atoms with Gasteiger partial charge in [0, 0.05) is 30.5 Å². The van der Waals surface area contributed by atoms with Crippen LogP contribution in [0.2, 0.25) is 0 Å². The van der Waals surface area contributed by atoms with Crippen molar-refractivity contribution in [2.75, 3.05) is 13.2 Å². The van der Waals surface area contributed by atoms with Gasteiger partial charge in [0.25, 0.3) is 0 Å². The smallest absolute Gasteiger partial charge is 0.123 e. The van der Waals surface area contributed by atoms with E-state index in [1.165, 1.54) is 5.56 Å². The maximum atomic E-state index is 5.59. The number of nitrogens with one attached hydrogen (secondary N) is 1. The van der Waals surface area contributed by atoms with Crippen molar-refractivity contribution >= 4 is 11.3 Å². The summed E-state index contributed by atoms with van der Waals surface area (Å²) in [6, 6.07) is 8.16. The standard InChI is InChI=1S/C14H18N2OS/c1-2-17-14-6-4-3-5-12(14)9-15-8-7-13-10-18-11-16-13/h3-6,10-11,15H,2,7-9H2,1H3. The number of aromatic nitrogens is 1. The fourth-order valence-corrected chi connectivity index (χ4v) is 2.34. The molecule has 1 heterocycles. The summed E-state index contributed by atoms with van der Waals surface area (Å²) in [6.45, 7) is 4.48. The van der Waals surface area contributed by atoms with E-state index in [4.69, 9.17) is 4.74 Å². The average molecular weight is 262 g/mol. The van der Waals surface area contributed by atoms with Gasteiger partial charge in [-0.2, -0.15) is 0 Å². The topological polar surface area (TPSA) is 34.1 Å². The molecule has 0 aliphatic heterocycles. The summed E-state index contributed by atoms with van der Waals surface area (Å²) in [6.07, 6.45) is 0.973. The summed E-state index contributed by atoms with van der Waals surface area (Å²) in [5.41, 5.74) is 4.24. The molecule has 0 unspecified atom stereocenters. The average Bonchev–Trinajstić information content (AvgIpc) is 2.90. The SMILES string of the molecule is CCOc1ccccc1CNCCc1cscn1. The highest BCUT2D eigenvalue weighted by molar-refractivity contribution is 7.07. The van der Waals surface area contributed by atoms with Crippen molar-refractivity contribution in [3.05, 3.63) is 46.4 Å². The van der Waals surface area contributed by atoms with Crippen LogP contribution in [0.15, 0.2) is 35.2 Å². The maximum Gasteiger partial charge on any atom is 0.123 e. The maximum absolute atomic E-state index is 5.59. The Kier molecular flexibility index (Phi) is 5.17. The van der Waals surface area contributed by atoms with Crippen molar-refractivity contribution in [3.8, 4) is 5.75 Å². The number of nitrogens with zero attached hydrogens (tertiary/aromatic N) is 1. The van der Waals surface area contributed by atoms with Crippen LogP contribution in [-0.2, 0) is 13.0 Å². The Morgan fingerprint density at radius 1 is 1.33 bits per heavy atom. The lowest BCUT2D eigenvalue weighted by Crippen LogP contribution is -2.17. The van der Waals surface area contributed by atoms with Crippen molar-refractivity contribution in [2.45, 2.75) is 19.9 Å². The highest BCUT2D eigenvalue weighted by Crippen LogP contribution is 2.17. The molecule has 0 radical (unpaired) electrons. The van der Waals surface area contributed by atoms with Crippen molar-refractivity contribution in [1.29, 1.82) is 0 Å². The molecule has 0 aliphatic carbocycles. The normalized spacial score (nSPS) is 10.5. The molecule has 96 valence electrons. The van der Waals surface area contributed by atoms with Crippen LogP contribution in [0.1, 0.15) is 18.2 Å². The van der Waals surface area contributed by atoms with Gasteiger partial charge in [-0.05, 0) is 13.0 Å². The molecular formula is C14H18N2OS. The molecule has 0 amide bonds. The Balaban J connectivity index is 1.79. The van der Waals surface area contributed by atoms with Gasteiger partial charge in [-0.1, -0.05) is 18.2 Å². The first-order valence-corrected chi connectivity index (χ1v) is 7.13. The molecule has 1 aromatic carbocycles. The van der Waals surface area contributed by atoms with Gasteiger partial charge in [-0.3, -0.25) is 0 Å². The Bertz CT molecular complexity index is 457. The molecule has 0 aliphatic rings. The Labute approximate surface area is 112 Å². The number of benzene rings is 1. The van der Waals surface area contributed by atoms with Gasteiger partial charge in [0.15, 0.2) is 0 Å². The van der Waals surface area contributed by atoms with E-state index in [-0.39, 0.29) is 0 Å². The van der Waals surface area contributed by atoms with Gasteiger partial charge >= 0.3 is 0 Å². The molecule has 1 N–H and O–H groups in total. The van der Waals surface area contributed by atoms with E-state index in [1.807, 2.05) is 30.6 Å². The molecule has 0 bridgehead atoms. The molecule has 1 aromatic heterocycles. The predicted molar refractivity (Wildman–Crippen MR) is 75.1 cm³/mol. The lowest BCUT2D eigenvalue weighted by atomic mass is 10.2. The Hall–Kier alpha value is -1.39. The van der Waals surface area contributed by atoms with E-state index in [0.717, 1.165) is 31.0 Å². The lowest BCUT2D eigenvalue weighted by molar-refractivity contribution is 0.335. The van der Waals surface area contributed by atoms with Crippen LogP contribution in [0.25, 0.3) is 0 Å². The molecule has 0 spiro atoms. The molecule has 2 rings (SSSR count). The summed E-state index contributed by atoms with van der Waals surface area (Å²) in [4.78, 5) is 4.26. The van der Waals surface area contributed by atoms with E-state index < -0.39 is 0 Å². The van der Waals surface area contributed by atoms with E-state index in [1.54, 1.807) is 11.3 Å². The minimum Gasteiger partial charge on any atom is -0.494 e. The second-order valence-corrected chi connectivity index (χ2v) is 4.67. The van der Waals surface area contributed by atoms with Gasteiger partial charge < -0.3 is 10.1 Å². The van der Waals surface area contributed by atoms with E-state index in [2.05, 4.69) is 21.7 Å². The van der Waals surface area contributed by atoms with Crippen molar-refractivity contribution in [3.63, 3.8) is 0 Å². The Morgan fingerprint density at radius 2 is 2.22 bits per heavy atom. The fraction of sp³-hybridized carbons (Fsp3) is 0.357. The van der Waals surface area contributed by atoms with Crippen LogP contribution in [0.4, 0.5) is 0 Å².